The van der Waals surface area contributed by atoms with Gasteiger partial charge >= 0.3 is 18.2 Å². The molecule has 8 nitrogen and oxygen atoms in total. The molecule has 2 aromatic carbocycles. The molecule has 0 fully saturated rings. The Kier molecular flexibility index (Phi) is 7.77. The molecule has 0 spiro atoms. The fourth-order valence-electron chi connectivity index (χ4n) is 3.83. The Labute approximate surface area is 193 Å². The first-order chi connectivity index (χ1) is 16.1. The third-order valence-electron chi connectivity index (χ3n) is 5.38. The minimum Gasteiger partial charge on any atom is -0.481 e. The predicted molar refractivity (Wildman–Crippen MR) is 114 cm³/mol. The number of alkyl carbamates (subject to hydrolysis) is 1. The number of nitrogens with one attached hydrogen (secondary N) is 2. The van der Waals surface area contributed by atoms with E-state index in [1.54, 1.807) is 5.32 Å². The van der Waals surface area contributed by atoms with Gasteiger partial charge in [0.25, 0.3) is 0 Å². The van der Waals surface area contributed by atoms with E-state index in [2.05, 4.69) is 5.32 Å². The lowest BCUT2D eigenvalue weighted by Gasteiger charge is -2.24. The average molecular weight is 480 g/mol. The van der Waals surface area contributed by atoms with Crippen molar-refractivity contribution >= 4 is 18.0 Å². The molecule has 0 saturated carbocycles. The summed E-state index contributed by atoms with van der Waals surface area (Å²) >= 11 is 0. The van der Waals surface area contributed by atoms with Crippen LogP contribution in [0.3, 0.4) is 0 Å². The van der Waals surface area contributed by atoms with Crippen molar-refractivity contribution in [2.75, 3.05) is 20.3 Å². The molecular weight excluding hydrogens is 457 g/mol. The van der Waals surface area contributed by atoms with Crippen LogP contribution >= 0.6 is 0 Å². The van der Waals surface area contributed by atoms with Crippen LogP contribution in [0.1, 0.15) is 23.5 Å². The number of carboxylic acids is 1. The van der Waals surface area contributed by atoms with Gasteiger partial charge in [-0.3, -0.25) is 9.59 Å². The molecule has 3 rings (SSSR count). The van der Waals surface area contributed by atoms with Crippen LogP contribution in [0.15, 0.2) is 48.5 Å². The summed E-state index contributed by atoms with van der Waals surface area (Å²) in [6.45, 7) is -0.515. The van der Waals surface area contributed by atoms with Crippen LogP contribution in [0.5, 0.6) is 0 Å². The van der Waals surface area contributed by atoms with Crippen molar-refractivity contribution in [1.82, 2.24) is 10.6 Å². The number of halogens is 3. The Hall–Kier alpha value is -3.60. The number of carboxylic acid groups (broad SMARTS) is 1. The van der Waals surface area contributed by atoms with Crippen molar-refractivity contribution in [3.63, 3.8) is 0 Å². The van der Waals surface area contributed by atoms with E-state index < -0.39 is 49.3 Å². The van der Waals surface area contributed by atoms with Gasteiger partial charge in [0.15, 0.2) is 0 Å². The highest BCUT2D eigenvalue weighted by Gasteiger charge is 2.43. The lowest BCUT2D eigenvalue weighted by Crippen LogP contribution is -2.55. The van der Waals surface area contributed by atoms with Gasteiger partial charge in [-0.2, -0.15) is 13.2 Å². The number of benzene rings is 2. The Balaban J connectivity index is 1.65. The van der Waals surface area contributed by atoms with Crippen molar-refractivity contribution < 1.29 is 42.1 Å². The van der Waals surface area contributed by atoms with E-state index >= 15 is 0 Å². The summed E-state index contributed by atoms with van der Waals surface area (Å²) < 4.78 is 49.3. The van der Waals surface area contributed by atoms with Gasteiger partial charge in [-0.15, -0.1) is 0 Å². The van der Waals surface area contributed by atoms with E-state index in [0.29, 0.717) is 0 Å². The van der Waals surface area contributed by atoms with Crippen molar-refractivity contribution in [2.24, 2.45) is 0 Å². The van der Waals surface area contributed by atoms with Crippen LogP contribution in [0.25, 0.3) is 11.1 Å². The van der Waals surface area contributed by atoms with E-state index in [0.717, 1.165) is 22.3 Å². The first kappa shape index (κ1) is 25.0. The van der Waals surface area contributed by atoms with E-state index in [1.807, 2.05) is 48.5 Å². The SMILES string of the molecule is COC[C@H](NC(=O)OCC1c2ccccc2-c2ccccc21)C(=O)NC(CC(=O)O)C(F)(F)F. The van der Waals surface area contributed by atoms with E-state index in [-0.39, 0.29) is 12.5 Å². The molecule has 0 aliphatic heterocycles. The van der Waals surface area contributed by atoms with E-state index in [9.17, 15) is 27.6 Å². The quantitative estimate of drug-likeness (QED) is 0.509. The van der Waals surface area contributed by atoms with Crippen LogP contribution in [-0.4, -0.2) is 61.7 Å². The largest absolute Gasteiger partial charge is 0.481 e. The number of carbonyl (C=O) groups is 3. The highest BCUT2D eigenvalue weighted by Crippen LogP contribution is 2.44. The maximum Gasteiger partial charge on any atom is 0.409 e. The van der Waals surface area contributed by atoms with Crippen molar-refractivity contribution in [1.29, 1.82) is 0 Å². The summed E-state index contributed by atoms with van der Waals surface area (Å²) in [5.41, 5.74) is 3.95. The van der Waals surface area contributed by atoms with Crippen LogP contribution in [0, 0.1) is 0 Å². The first-order valence-corrected chi connectivity index (χ1v) is 10.3. The standard InChI is InChI=1S/C23H23F3N2O6/c1-33-12-18(21(31)28-19(10-20(29)30)23(24,25)26)27-22(32)34-11-17-15-8-4-2-6-13(15)14-7-3-5-9-16(14)17/h2-9,17-19H,10-12H2,1H3,(H,27,32)(H,28,31)(H,29,30)/t18-,19?/m0/s1. The molecule has 1 aliphatic carbocycles. The number of alkyl halides is 3. The lowest BCUT2D eigenvalue weighted by molar-refractivity contribution is -0.170. The molecule has 0 saturated heterocycles. The maximum absolute atomic E-state index is 13.1. The first-order valence-electron chi connectivity index (χ1n) is 10.3. The number of aliphatic carboxylic acids is 1. The number of amides is 2. The van der Waals surface area contributed by atoms with Crippen LogP contribution in [-0.2, 0) is 19.1 Å². The van der Waals surface area contributed by atoms with Crippen molar-refractivity contribution in [2.45, 2.75) is 30.6 Å². The second-order valence-corrected chi connectivity index (χ2v) is 7.68. The van der Waals surface area contributed by atoms with Crippen LogP contribution < -0.4 is 10.6 Å². The molecule has 0 radical (unpaired) electrons. The fourth-order valence-corrected chi connectivity index (χ4v) is 3.83. The fraction of sp³-hybridized carbons (Fsp3) is 0.348. The summed E-state index contributed by atoms with van der Waals surface area (Å²) in [7, 11) is 1.19. The molecule has 34 heavy (non-hydrogen) atoms. The molecule has 0 heterocycles. The highest BCUT2D eigenvalue weighted by molar-refractivity contribution is 5.86. The molecule has 0 aromatic heterocycles. The second kappa shape index (κ2) is 10.6. The van der Waals surface area contributed by atoms with Crippen LogP contribution in [0.2, 0.25) is 0 Å². The highest BCUT2D eigenvalue weighted by atomic mass is 19.4. The van der Waals surface area contributed by atoms with Crippen LogP contribution in [0.4, 0.5) is 18.0 Å². The van der Waals surface area contributed by atoms with Gasteiger partial charge in [0, 0.05) is 13.0 Å². The third-order valence-corrected chi connectivity index (χ3v) is 5.38. The lowest BCUT2D eigenvalue weighted by atomic mass is 9.98. The van der Waals surface area contributed by atoms with Gasteiger partial charge < -0.3 is 25.2 Å². The van der Waals surface area contributed by atoms with Gasteiger partial charge in [0.05, 0.1) is 13.0 Å². The Morgan fingerprint density at radius 1 is 1.00 bits per heavy atom. The van der Waals surface area contributed by atoms with Gasteiger partial charge in [-0.25, -0.2) is 4.79 Å². The Bertz CT molecular complexity index is 1010. The molecule has 3 N–H and O–H groups in total. The molecule has 2 atom stereocenters. The molecule has 11 heteroatoms. The zero-order valence-corrected chi connectivity index (χ0v) is 18.1. The molecule has 2 amide bonds. The number of fused-ring (bicyclic) bond motifs is 3. The smallest absolute Gasteiger partial charge is 0.409 e. The number of ether oxygens (including phenoxy) is 2. The molecule has 2 aromatic rings. The van der Waals surface area contributed by atoms with Gasteiger partial charge in [0.2, 0.25) is 5.91 Å². The van der Waals surface area contributed by atoms with E-state index in [4.69, 9.17) is 14.6 Å². The molecule has 1 unspecified atom stereocenters. The average Bonchev–Trinajstić information content (AvgIpc) is 3.10. The molecule has 182 valence electrons. The molecule has 1 aliphatic rings. The van der Waals surface area contributed by atoms with E-state index in [1.165, 1.54) is 7.11 Å². The topological polar surface area (TPSA) is 114 Å². The van der Waals surface area contributed by atoms with Gasteiger partial charge in [-0.05, 0) is 22.3 Å². The number of carbonyl (C=O) groups excluding carboxylic acids is 2. The minimum absolute atomic E-state index is 0.0641. The Morgan fingerprint density at radius 2 is 1.56 bits per heavy atom. The predicted octanol–water partition coefficient (Wildman–Crippen LogP) is 3.06. The number of hydrogen-bond acceptors (Lipinski definition) is 5. The maximum atomic E-state index is 13.1. The normalized spacial score (nSPS) is 14.5. The third kappa shape index (κ3) is 5.84. The summed E-state index contributed by atoms with van der Waals surface area (Å²) in [5, 5.41) is 12.5. The van der Waals surface area contributed by atoms with Gasteiger partial charge in [-0.1, -0.05) is 48.5 Å². The zero-order chi connectivity index (χ0) is 24.9. The van der Waals surface area contributed by atoms with Crippen molar-refractivity contribution in [3.05, 3.63) is 59.7 Å². The summed E-state index contributed by atoms with van der Waals surface area (Å²) in [4.78, 5) is 35.5. The monoisotopic (exact) mass is 480 g/mol. The summed E-state index contributed by atoms with van der Waals surface area (Å²) in [5.74, 6) is -3.24. The van der Waals surface area contributed by atoms with Gasteiger partial charge in [0.1, 0.15) is 18.7 Å². The number of methoxy groups -OCH3 is 1. The van der Waals surface area contributed by atoms with Crippen molar-refractivity contribution in [3.8, 4) is 11.1 Å². The summed E-state index contributed by atoms with van der Waals surface area (Å²) in [6.07, 6.45) is -7.38. The summed E-state index contributed by atoms with van der Waals surface area (Å²) in [6, 6.07) is 11.1. The second-order valence-electron chi connectivity index (χ2n) is 7.68. The number of rotatable bonds is 9. The number of hydrogen-bond donors (Lipinski definition) is 3. The minimum atomic E-state index is -4.99. The zero-order valence-electron chi connectivity index (χ0n) is 18.1. The Morgan fingerprint density at radius 3 is 2.06 bits per heavy atom. The molecule has 0 bridgehead atoms. The molecular formula is C23H23F3N2O6.